The lowest BCUT2D eigenvalue weighted by atomic mass is 9.97. The predicted octanol–water partition coefficient (Wildman–Crippen LogP) is 2.55. The fraction of sp³-hybridized carbons (Fsp3) is 0.455. The molecule has 0 unspecified atom stereocenters. The van der Waals surface area contributed by atoms with Crippen LogP contribution in [0.3, 0.4) is 0 Å². The Labute approximate surface area is 182 Å². The second kappa shape index (κ2) is 8.84. The van der Waals surface area contributed by atoms with E-state index in [1.165, 1.54) is 24.3 Å². The molecule has 0 aliphatic carbocycles. The van der Waals surface area contributed by atoms with E-state index in [1.807, 2.05) is 12.1 Å². The lowest BCUT2D eigenvalue weighted by Crippen LogP contribution is -2.41. The Bertz CT molecular complexity index is 1030. The molecule has 3 heterocycles. The third kappa shape index (κ3) is 4.67. The summed E-state index contributed by atoms with van der Waals surface area (Å²) in [5.41, 5.74) is 0.660. The summed E-state index contributed by atoms with van der Waals surface area (Å²) in [7, 11) is -3.62. The normalized spacial score (nSPS) is 20.7. The van der Waals surface area contributed by atoms with Crippen LogP contribution in [0.5, 0.6) is 0 Å². The molecule has 2 aliphatic rings. The number of furan rings is 1. The summed E-state index contributed by atoms with van der Waals surface area (Å²) in [6.07, 6.45) is 3.85. The van der Waals surface area contributed by atoms with Crippen molar-refractivity contribution in [2.75, 3.05) is 29.7 Å². The number of sulfonamides is 1. The van der Waals surface area contributed by atoms with E-state index in [9.17, 15) is 18.0 Å². The second-order valence-electron chi connectivity index (χ2n) is 8.23. The third-order valence-corrected chi connectivity index (χ3v) is 7.72. The maximum atomic E-state index is 12.7. The molecule has 2 saturated heterocycles. The monoisotopic (exact) mass is 445 g/mol. The second-order valence-corrected chi connectivity index (χ2v) is 10.2. The largest absolute Gasteiger partial charge is 0.468 e. The number of hydrogen-bond acceptors (Lipinski definition) is 6. The fourth-order valence-corrected chi connectivity index (χ4v) is 5.60. The van der Waals surface area contributed by atoms with Crippen molar-refractivity contribution in [3.05, 3.63) is 54.0 Å². The van der Waals surface area contributed by atoms with Gasteiger partial charge >= 0.3 is 0 Å². The van der Waals surface area contributed by atoms with Crippen LogP contribution in [0.15, 0.2) is 47.1 Å². The van der Waals surface area contributed by atoms with E-state index in [-0.39, 0.29) is 29.8 Å². The first-order valence-corrected chi connectivity index (χ1v) is 12.2. The highest BCUT2D eigenvalue weighted by molar-refractivity contribution is 7.94. The molecule has 9 heteroatoms. The summed E-state index contributed by atoms with van der Waals surface area (Å²) < 4.78 is 30.6. The van der Waals surface area contributed by atoms with Gasteiger partial charge in [0.05, 0.1) is 23.7 Å². The van der Waals surface area contributed by atoms with Gasteiger partial charge in [0.2, 0.25) is 15.9 Å². The van der Waals surface area contributed by atoms with Gasteiger partial charge in [-0.05, 0) is 68.2 Å². The van der Waals surface area contributed by atoms with Crippen LogP contribution >= 0.6 is 0 Å². The average molecular weight is 446 g/mol. The molecule has 0 radical (unpaired) electrons. The van der Waals surface area contributed by atoms with Crippen molar-refractivity contribution < 1.29 is 22.4 Å². The molecule has 166 valence electrons. The first-order chi connectivity index (χ1) is 14.8. The quantitative estimate of drug-likeness (QED) is 0.734. The van der Waals surface area contributed by atoms with Gasteiger partial charge in [0.1, 0.15) is 5.76 Å². The van der Waals surface area contributed by atoms with Crippen LogP contribution in [-0.2, 0) is 14.8 Å². The Morgan fingerprint density at radius 1 is 1.19 bits per heavy atom. The Morgan fingerprint density at radius 2 is 1.90 bits per heavy atom. The summed E-state index contributed by atoms with van der Waals surface area (Å²) in [6, 6.07) is 9.79. The number of carbonyl (C=O) groups is 2. The molecule has 4 rings (SSSR count). The van der Waals surface area contributed by atoms with Crippen molar-refractivity contribution in [2.45, 2.75) is 32.2 Å². The molecule has 2 fully saturated rings. The highest BCUT2D eigenvalue weighted by Gasteiger charge is 2.36. The van der Waals surface area contributed by atoms with Crippen LogP contribution in [0, 0.1) is 5.92 Å². The molecule has 31 heavy (non-hydrogen) atoms. The molecule has 1 aromatic carbocycles. The lowest BCUT2D eigenvalue weighted by Gasteiger charge is -2.35. The van der Waals surface area contributed by atoms with Gasteiger partial charge in [-0.2, -0.15) is 0 Å². The number of nitrogens with one attached hydrogen (secondary N) is 1. The van der Waals surface area contributed by atoms with Crippen molar-refractivity contribution in [2.24, 2.45) is 5.92 Å². The Kier molecular flexibility index (Phi) is 6.15. The summed E-state index contributed by atoms with van der Waals surface area (Å²) in [5.74, 6) is 0.631. The first-order valence-electron chi connectivity index (χ1n) is 10.6. The fourth-order valence-electron chi connectivity index (χ4n) is 4.14. The van der Waals surface area contributed by atoms with Gasteiger partial charge in [-0.15, -0.1) is 0 Å². The topological polar surface area (TPSA) is 99.9 Å². The number of anilines is 1. The zero-order valence-corrected chi connectivity index (χ0v) is 18.3. The van der Waals surface area contributed by atoms with E-state index < -0.39 is 15.9 Å². The number of nitrogens with zero attached hydrogens (tertiary/aromatic N) is 2. The maximum Gasteiger partial charge on any atom is 0.251 e. The standard InChI is InChI=1S/C22H27N3O5S/c1-16-8-11-24(12-9-16)19(20-3-2-13-30-20)15-23-22(27)17-4-6-18(7-5-17)25-21(26)10-14-31(25,28)29/h2-7,13,16,19H,8-12,14-15H2,1H3,(H,23,27)/t19-/m1/s1. The van der Waals surface area contributed by atoms with Gasteiger partial charge in [0.25, 0.3) is 5.91 Å². The molecule has 2 aromatic rings. The number of likely N-dealkylation sites (tertiary alicyclic amines) is 1. The highest BCUT2D eigenvalue weighted by atomic mass is 32.2. The van der Waals surface area contributed by atoms with E-state index in [0.717, 1.165) is 36.0 Å². The number of rotatable bonds is 6. The average Bonchev–Trinajstić information content (AvgIpc) is 3.37. The molecule has 0 bridgehead atoms. The van der Waals surface area contributed by atoms with Crippen molar-refractivity contribution in [1.82, 2.24) is 10.2 Å². The summed E-state index contributed by atoms with van der Waals surface area (Å²) in [5, 5.41) is 2.97. The predicted molar refractivity (Wildman–Crippen MR) is 116 cm³/mol. The molecular formula is C22H27N3O5S. The molecule has 1 N–H and O–H groups in total. The Balaban J connectivity index is 1.43. The maximum absolute atomic E-state index is 12.7. The zero-order valence-electron chi connectivity index (χ0n) is 17.5. The molecule has 8 nitrogen and oxygen atoms in total. The van der Waals surface area contributed by atoms with E-state index in [0.29, 0.717) is 18.0 Å². The SMILES string of the molecule is CC1CCN([C@H](CNC(=O)c2ccc(N3C(=O)CCS3(=O)=O)cc2)c2ccco2)CC1. The molecule has 0 spiro atoms. The van der Waals surface area contributed by atoms with Crippen LogP contribution in [0.4, 0.5) is 5.69 Å². The van der Waals surface area contributed by atoms with Crippen molar-refractivity contribution in [3.8, 4) is 0 Å². The lowest BCUT2D eigenvalue weighted by molar-refractivity contribution is -0.116. The van der Waals surface area contributed by atoms with Gasteiger partial charge in [-0.3, -0.25) is 14.5 Å². The van der Waals surface area contributed by atoms with E-state index >= 15 is 0 Å². The van der Waals surface area contributed by atoms with Crippen LogP contribution < -0.4 is 9.62 Å². The minimum absolute atomic E-state index is 0.0198. The van der Waals surface area contributed by atoms with Gasteiger partial charge in [0.15, 0.2) is 0 Å². The van der Waals surface area contributed by atoms with Crippen molar-refractivity contribution in [1.29, 1.82) is 0 Å². The van der Waals surface area contributed by atoms with Gasteiger partial charge < -0.3 is 9.73 Å². The molecular weight excluding hydrogens is 418 g/mol. The van der Waals surface area contributed by atoms with Crippen LogP contribution in [-0.4, -0.2) is 50.5 Å². The molecule has 0 saturated carbocycles. The minimum Gasteiger partial charge on any atom is -0.468 e. The first kappa shape index (κ1) is 21.6. The molecule has 2 amide bonds. The van der Waals surface area contributed by atoms with E-state index in [1.54, 1.807) is 6.26 Å². The molecule has 2 aliphatic heterocycles. The van der Waals surface area contributed by atoms with Gasteiger partial charge in [-0.1, -0.05) is 6.92 Å². The summed E-state index contributed by atoms with van der Waals surface area (Å²) in [4.78, 5) is 27.0. The smallest absolute Gasteiger partial charge is 0.251 e. The third-order valence-electron chi connectivity index (χ3n) is 6.03. The number of hydrogen-bond donors (Lipinski definition) is 1. The van der Waals surface area contributed by atoms with Crippen molar-refractivity contribution >= 4 is 27.5 Å². The molecule has 1 atom stereocenters. The number of benzene rings is 1. The number of carbonyl (C=O) groups excluding carboxylic acids is 2. The Morgan fingerprint density at radius 3 is 2.48 bits per heavy atom. The molecule has 1 aromatic heterocycles. The van der Waals surface area contributed by atoms with Gasteiger partial charge in [-0.25, -0.2) is 12.7 Å². The van der Waals surface area contributed by atoms with Crippen molar-refractivity contribution in [3.63, 3.8) is 0 Å². The zero-order chi connectivity index (χ0) is 22.0. The highest BCUT2D eigenvalue weighted by Crippen LogP contribution is 2.27. The van der Waals surface area contributed by atoms with Crippen LogP contribution in [0.2, 0.25) is 0 Å². The Hall–Kier alpha value is -2.65. The number of amides is 2. The minimum atomic E-state index is -3.62. The van der Waals surface area contributed by atoms with Crippen LogP contribution in [0.25, 0.3) is 0 Å². The summed E-state index contributed by atoms with van der Waals surface area (Å²) >= 11 is 0. The van der Waals surface area contributed by atoms with E-state index in [4.69, 9.17) is 4.42 Å². The number of piperidine rings is 1. The summed E-state index contributed by atoms with van der Waals surface area (Å²) in [6.45, 7) is 4.57. The van der Waals surface area contributed by atoms with Gasteiger partial charge in [0, 0.05) is 18.5 Å². The van der Waals surface area contributed by atoms with E-state index in [2.05, 4.69) is 17.1 Å². The van der Waals surface area contributed by atoms with Crippen LogP contribution in [0.1, 0.15) is 48.3 Å².